The number of hydrogen-bond donors (Lipinski definition) is 0. The summed E-state index contributed by atoms with van der Waals surface area (Å²) in [6, 6.07) is 8.13. The van der Waals surface area contributed by atoms with Gasteiger partial charge in [0.05, 0.1) is 24.0 Å². The lowest BCUT2D eigenvalue weighted by atomic mass is 10.2. The number of rotatable bonds is 8. The Hall–Kier alpha value is -2.07. The number of benzene rings is 1. The van der Waals surface area contributed by atoms with E-state index in [1.807, 2.05) is 13.0 Å². The summed E-state index contributed by atoms with van der Waals surface area (Å²) in [6.07, 6.45) is 2.35. The van der Waals surface area contributed by atoms with Gasteiger partial charge in [0.1, 0.15) is 5.75 Å². The number of carbonyl (C=O) groups excluding carboxylic acids is 1. The van der Waals surface area contributed by atoms with E-state index in [4.69, 9.17) is 10.00 Å². The van der Waals surface area contributed by atoms with Gasteiger partial charge in [-0.25, -0.2) is 8.42 Å². The maximum absolute atomic E-state index is 11.9. The Bertz CT molecular complexity index is 662. The molecule has 0 fully saturated rings. The Morgan fingerprint density at radius 3 is 2.48 bits per heavy atom. The second kappa shape index (κ2) is 8.53. The highest BCUT2D eigenvalue weighted by molar-refractivity contribution is 7.90. The van der Waals surface area contributed by atoms with Crippen LogP contribution in [0.3, 0.4) is 0 Å². The van der Waals surface area contributed by atoms with E-state index in [1.54, 1.807) is 24.1 Å². The molecule has 0 N–H and O–H groups in total. The Morgan fingerprint density at radius 2 is 1.96 bits per heavy atom. The van der Waals surface area contributed by atoms with Crippen molar-refractivity contribution in [2.45, 2.75) is 37.1 Å². The summed E-state index contributed by atoms with van der Waals surface area (Å²) >= 11 is 0. The fraction of sp³-hybridized carbons (Fsp3) is 0.500. The van der Waals surface area contributed by atoms with Crippen LogP contribution in [0.2, 0.25) is 0 Å². The van der Waals surface area contributed by atoms with Gasteiger partial charge in [0, 0.05) is 25.8 Å². The molecule has 0 aliphatic rings. The number of nitrogens with zero attached hydrogens (tertiary/aromatic N) is 2. The van der Waals surface area contributed by atoms with Gasteiger partial charge in [-0.1, -0.05) is 0 Å². The van der Waals surface area contributed by atoms with Crippen molar-refractivity contribution in [3.63, 3.8) is 0 Å². The fourth-order valence-electron chi connectivity index (χ4n) is 1.89. The van der Waals surface area contributed by atoms with Gasteiger partial charge in [-0.3, -0.25) is 4.79 Å². The molecule has 0 heterocycles. The van der Waals surface area contributed by atoms with Crippen molar-refractivity contribution in [3.05, 3.63) is 24.3 Å². The average molecular weight is 338 g/mol. The number of nitriles is 1. The smallest absolute Gasteiger partial charge is 0.222 e. The third-order valence-electron chi connectivity index (χ3n) is 3.50. The summed E-state index contributed by atoms with van der Waals surface area (Å²) in [5.74, 6) is 0.542. The lowest BCUT2D eigenvalue weighted by Gasteiger charge is -2.22. The van der Waals surface area contributed by atoms with Crippen molar-refractivity contribution in [3.8, 4) is 11.8 Å². The van der Waals surface area contributed by atoms with E-state index in [1.165, 1.54) is 12.1 Å². The molecule has 0 saturated heterocycles. The highest BCUT2D eigenvalue weighted by Crippen LogP contribution is 2.16. The van der Waals surface area contributed by atoms with Crippen molar-refractivity contribution in [1.29, 1.82) is 5.26 Å². The monoisotopic (exact) mass is 338 g/mol. The van der Waals surface area contributed by atoms with E-state index < -0.39 is 9.84 Å². The van der Waals surface area contributed by atoms with Gasteiger partial charge in [0.15, 0.2) is 9.84 Å². The second-order valence-corrected chi connectivity index (χ2v) is 7.43. The van der Waals surface area contributed by atoms with Gasteiger partial charge in [0.25, 0.3) is 0 Å². The molecular weight excluding hydrogens is 316 g/mol. The van der Waals surface area contributed by atoms with E-state index in [0.717, 1.165) is 6.26 Å². The molecule has 1 rings (SSSR count). The molecule has 1 aromatic carbocycles. The minimum absolute atomic E-state index is 0.0243. The predicted octanol–water partition coefficient (Wildman–Crippen LogP) is 2.01. The summed E-state index contributed by atoms with van der Waals surface area (Å²) in [6.45, 7) is 2.20. The van der Waals surface area contributed by atoms with Crippen LogP contribution < -0.4 is 4.74 Å². The topological polar surface area (TPSA) is 87.5 Å². The van der Waals surface area contributed by atoms with Gasteiger partial charge in [-0.2, -0.15) is 5.26 Å². The zero-order chi connectivity index (χ0) is 17.5. The minimum Gasteiger partial charge on any atom is -0.494 e. The highest BCUT2D eigenvalue weighted by Gasteiger charge is 2.14. The van der Waals surface area contributed by atoms with E-state index in [9.17, 15) is 13.2 Å². The highest BCUT2D eigenvalue weighted by atomic mass is 32.2. The van der Waals surface area contributed by atoms with E-state index in [0.29, 0.717) is 31.6 Å². The van der Waals surface area contributed by atoms with Crippen LogP contribution >= 0.6 is 0 Å². The van der Waals surface area contributed by atoms with Crippen molar-refractivity contribution < 1.29 is 17.9 Å². The third-order valence-corrected chi connectivity index (χ3v) is 4.63. The number of sulfone groups is 1. The summed E-state index contributed by atoms with van der Waals surface area (Å²) in [5, 5.41) is 8.63. The van der Waals surface area contributed by atoms with E-state index in [2.05, 4.69) is 0 Å². The molecule has 1 aromatic rings. The van der Waals surface area contributed by atoms with Gasteiger partial charge in [-0.15, -0.1) is 0 Å². The lowest BCUT2D eigenvalue weighted by molar-refractivity contribution is -0.131. The quantitative estimate of drug-likeness (QED) is 0.677. The molecule has 0 radical (unpaired) electrons. The maximum atomic E-state index is 11.9. The van der Waals surface area contributed by atoms with Gasteiger partial charge in [0.2, 0.25) is 5.91 Å². The largest absolute Gasteiger partial charge is 0.494 e. The van der Waals surface area contributed by atoms with Gasteiger partial charge >= 0.3 is 0 Å². The predicted molar refractivity (Wildman–Crippen MR) is 86.7 cm³/mol. The van der Waals surface area contributed by atoms with Crippen molar-refractivity contribution >= 4 is 15.7 Å². The van der Waals surface area contributed by atoms with Crippen LogP contribution in [0.1, 0.15) is 26.2 Å². The molecule has 0 aliphatic carbocycles. The first-order valence-electron chi connectivity index (χ1n) is 7.31. The number of carbonyl (C=O) groups is 1. The Labute approximate surface area is 137 Å². The first-order chi connectivity index (χ1) is 10.8. The number of amides is 1. The SMILES string of the molecule is CC(CC#N)N(C)C(=O)CCCOc1ccc(S(C)(=O)=O)cc1. The zero-order valence-corrected chi connectivity index (χ0v) is 14.5. The van der Waals surface area contributed by atoms with Crippen molar-refractivity contribution in [1.82, 2.24) is 4.90 Å². The standard InChI is InChI=1S/C16H22N2O4S/c1-13(10-11-17)18(2)16(19)5-4-12-22-14-6-8-15(9-7-14)23(3,20)21/h6-9,13H,4-5,10,12H2,1-3H3. The Balaban J connectivity index is 2.38. The lowest BCUT2D eigenvalue weighted by Crippen LogP contribution is -2.34. The molecule has 0 aromatic heterocycles. The van der Waals surface area contributed by atoms with Crippen LogP contribution in [0.4, 0.5) is 0 Å². The molecular formula is C16H22N2O4S. The molecule has 0 saturated carbocycles. The van der Waals surface area contributed by atoms with E-state index in [-0.39, 0.29) is 16.8 Å². The van der Waals surface area contributed by atoms with Gasteiger partial charge < -0.3 is 9.64 Å². The molecule has 1 atom stereocenters. The first kappa shape index (κ1) is 19.0. The first-order valence-corrected chi connectivity index (χ1v) is 9.20. The summed E-state index contributed by atoms with van der Waals surface area (Å²) in [7, 11) is -1.52. The summed E-state index contributed by atoms with van der Waals surface area (Å²) < 4.78 is 28.2. The molecule has 6 nitrogen and oxygen atoms in total. The normalized spacial score (nSPS) is 12.3. The Kier molecular flexibility index (Phi) is 7.04. The van der Waals surface area contributed by atoms with Crippen molar-refractivity contribution in [2.24, 2.45) is 0 Å². The molecule has 0 aliphatic heterocycles. The summed E-state index contributed by atoms with van der Waals surface area (Å²) in [4.78, 5) is 13.7. The van der Waals surface area contributed by atoms with Crippen LogP contribution in [0.15, 0.2) is 29.2 Å². The van der Waals surface area contributed by atoms with Crippen LogP contribution in [0.25, 0.3) is 0 Å². The molecule has 0 bridgehead atoms. The molecule has 1 unspecified atom stereocenters. The Morgan fingerprint density at radius 1 is 1.35 bits per heavy atom. The number of ether oxygens (including phenoxy) is 1. The van der Waals surface area contributed by atoms with Crippen LogP contribution in [-0.4, -0.2) is 45.2 Å². The molecule has 126 valence electrons. The molecule has 23 heavy (non-hydrogen) atoms. The molecule has 7 heteroatoms. The average Bonchev–Trinajstić information content (AvgIpc) is 2.50. The maximum Gasteiger partial charge on any atom is 0.222 e. The number of hydrogen-bond acceptors (Lipinski definition) is 5. The fourth-order valence-corrected chi connectivity index (χ4v) is 2.52. The molecule has 1 amide bonds. The second-order valence-electron chi connectivity index (χ2n) is 5.41. The summed E-state index contributed by atoms with van der Waals surface area (Å²) in [5.41, 5.74) is 0. The van der Waals surface area contributed by atoms with Crippen molar-refractivity contribution in [2.75, 3.05) is 19.9 Å². The molecule has 0 spiro atoms. The third kappa shape index (κ3) is 6.28. The van der Waals surface area contributed by atoms with Crippen LogP contribution in [0, 0.1) is 11.3 Å². The minimum atomic E-state index is -3.21. The van der Waals surface area contributed by atoms with E-state index >= 15 is 0 Å². The zero-order valence-electron chi connectivity index (χ0n) is 13.7. The van der Waals surface area contributed by atoms with Crippen LogP contribution in [-0.2, 0) is 14.6 Å². The van der Waals surface area contributed by atoms with Crippen LogP contribution in [0.5, 0.6) is 5.75 Å². The van der Waals surface area contributed by atoms with Gasteiger partial charge in [-0.05, 0) is 37.6 Å².